The van der Waals surface area contributed by atoms with Crippen LogP contribution in [-0.4, -0.2) is 45.5 Å². The van der Waals surface area contributed by atoms with E-state index in [4.69, 9.17) is 4.74 Å². The number of hydrogen-bond donors (Lipinski definition) is 1. The third kappa shape index (κ3) is 5.09. The van der Waals surface area contributed by atoms with E-state index in [0.717, 1.165) is 12.1 Å². The molecule has 0 atom stereocenters. The van der Waals surface area contributed by atoms with Gasteiger partial charge < -0.3 is 10.1 Å². The SMILES string of the molecule is CON(C)S(=O)(=O)c1ccc(C(=O)OCC(=O)Nc2ccc(F)cc2F)cc1. The Hall–Kier alpha value is -2.89. The Balaban J connectivity index is 1.96. The molecule has 0 saturated carbocycles. The van der Waals surface area contributed by atoms with Gasteiger partial charge in [-0.2, -0.15) is 0 Å². The average Bonchev–Trinajstić information content (AvgIpc) is 2.67. The quantitative estimate of drug-likeness (QED) is 0.549. The second kappa shape index (κ2) is 8.87. The van der Waals surface area contributed by atoms with E-state index in [1.54, 1.807) is 0 Å². The van der Waals surface area contributed by atoms with Crippen molar-refractivity contribution < 1.29 is 36.4 Å². The van der Waals surface area contributed by atoms with E-state index in [9.17, 15) is 26.8 Å². The summed E-state index contributed by atoms with van der Waals surface area (Å²) < 4.78 is 55.8. The van der Waals surface area contributed by atoms with Crippen LogP contribution in [0.4, 0.5) is 14.5 Å². The molecule has 0 heterocycles. The van der Waals surface area contributed by atoms with Gasteiger partial charge in [-0.05, 0) is 36.4 Å². The number of esters is 1. The minimum Gasteiger partial charge on any atom is -0.452 e. The Morgan fingerprint density at radius 1 is 1.11 bits per heavy atom. The number of sulfonamides is 1. The number of amides is 1. The number of carbonyl (C=O) groups excluding carboxylic acids is 2. The largest absolute Gasteiger partial charge is 0.452 e. The van der Waals surface area contributed by atoms with Crippen molar-refractivity contribution in [3.05, 3.63) is 59.7 Å². The molecular formula is C17H16F2N2O6S. The minimum absolute atomic E-state index is 0.000201. The maximum absolute atomic E-state index is 13.5. The fourth-order valence-electron chi connectivity index (χ4n) is 2.00. The molecule has 0 aromatic heterocycles. The van der Waals surface area contributed by atoms with Crippen molar-refractivity contribution in [1.29, 1.82) is 0 Å². The zero-order valence-corrected chi connectivity index (χ0v) is 15.6. The second-order valence-electron chi connectivity index (χ2n) is 5.37. The van der Waals surface area contributed by atoms with Crippen LogP contribution in [0.3, 0.4) is 0 Å². The number of halogens is 2. The van der Waals surface area contributed by atoms with Crippen LogP contribution < -0.4 is 5.32 Å². The third-order valence-electron chi connectivity index (χ3n) is 3.52. The molecule has 2 aromatic rings. The number of ether oxygens (including phenoxy) is 1. The average molecular weight is 414 g/mol. The number of anilines is 1. The Labute approximate surface area is 159 Å². The summed E-state index contributed by atoms with van der Waals surface area (Å²) in [5.74, 6) is -3.50. The lowest BCUT2D eigenvalue weighted by Crippen LogP contribution is -2.25. The van der Waals surface area contributed by atoms with Gasteiger partial charge in [-0.3, -0.25) is 9.63 Å². The van der Waals surface area contributed by atoms with Crippen LogP contribution in [0.5, 0.6) is 0 Å². The Morgan fingerprint density at radius 2 is 1.75 bits per heavy atom. The molecule has 0 bridgehead atoms. The van der Waals surface area contributed by atoms with Gasteiger partial charge in [0.2, 0.25) is 0 Å². The molecule has 0 unspecified atom stereocenters. The Morgan fingerprint density at radius 3 is 2.32 bits per heavy atom. The van der Waals surface area contributed by atoms with Gasteiger partial charge >= 0.3 is 5.97 Å². The number of nitrogens with zero attached hydrogens (tertiary/aromatic N) is 1. The summed E-state index contributed by atoms with van der Waals surface area (Å²) in [5.41, 5.74) is -0.265. The molecule has 1 amide bonds. The molecular weight excluding hydrogens is 398 g/mol. The summed E-state index contributed by atoms with van der Waals surface area (Å²) in [6.07, 6.45) is 0. The van der Waals surface area contributed by atoms with E-state index in [1.165, 1.54) is 38.4 Å². The third-order valence-corrected chi connectivity index (χ3v) is 5.22. The van der Waals surface area contributed by atoms with Crippen LogP contribution in [0.15, 0.2) is 47.4 Å². The lowest BCUT2D eigenvalue weighted by atomic mass is 10.2. The summed E-state index contributed by atoms with van der Waals surface area (Å²) in [6, 6.07) is 7.34. The molecule has 1 N–H and O–H groups in total. The zero-order chi connectivity index (χ0) is 20.9. The van der Waals surface area contributed by atoms with E-state index in [0.29, 0.717) is 10.5 Å². The standard InChI is InChI=1S/C17H16F2N2O6S/c1-21(26-2)28(24,25)13-6-3-11(4-7-13)17(23)27-10-16(22)20-15-8-5-12(18)9-14(15)19/h3-9H,10H2,1-2H3,(H,20,22). The van der Waals surface area contributed by atoms with Crippen LogP contribution in [0.2, 0.25) is 0 Å². The van der Waals surface area contributed by atoms with Gasteiger partial charge in [0.05, 0.1) is 23.3 Å². The van der Waals surface area contributed by atoms with E-state index in [2.05, 4.69) is 10.2 Å². The van der Waals surface area contributed by atoms with Crippen molar-refractivity contribution >= 4 is 27.6 Å². The monoisotopic (exact) mass is 414 g/mol. The number of benzene rings is 2. The summed E-state index contributed by atoms with van der Waals surface area (Å²) in [4.78, 5) is 28.2. The molecule has 0 radical (unpaired) electrons. The molecule has 28 heavy (non-hydrogen) atoms. The van der Waals surface area contributed by atoms with Crippen molar-refractivity contribution in [3.8, 4) is 0 Å². The van der Waals surface area contributed by atoms with E-state index >= 15 is 0 Å². The summed E-state index contributed by atoms with van der Waals surface area (Å²) in [5, 5.41) is 2.14. The summed E-state index contributed by atoms with van der Waals surface area (Å²) >= 11 is 0. The van der Waals surface area contributed by atoms with Gasteiger partial charge in [0.1, 0.15) is 11.6 Å². The second-order valence-corrected chi connectivity index (χ2v) is 7.31. The lowest BCUT2D eigenvalue weighted by Gasteiger charge is -2.14. The fraction of sp³-hybridized carbons (Fsp3) is 0.176. The van der Waals surface area contributed by atoms with Crippen molar-refractivity contribution in [1.82, 2.24) is 4.47 Å². The minimum atomic E-state index is -3.87. The molecule has 0 saturated heterocycles. The smallest absolute Gasteiger partial charge is 0.338 e. The number of nitrogens with one attached hydrogen (secondary N) is 1. The number of carbonyl (C=O) groups is 2. The maximum Gasteiger partial charge on any atom is 0.338 e. The first kappa shape index (κ1) is 21.4. The molecule has 8 nitrogen and oxygen atoms in total. The maximum atomic E-state index is 13.5. The molecule has 0 spiro atoms. The number of hydrogen-bond acceptors (Lipinski definition) is 6. The molecule has 0 aliphatic heterocycles. The summed E-state index contributed by atoms with van der Waals surface area (Å²) in [6.45, 7) is -0.720. The van der Waals surface area contributed by atoms with Crippen molar-refractivity contribution in [2.24, 2.45) is 0 Å². The van der Waals surface area contributed by atoms with Gasteiger partial charge in [0.25, 0.3) is 15.9 Å². The van der Waals surface area contributed by atoms with Crippen LogP contribution >= 0.6 is 0 Å². The van der Waals surface area contributed by atoms with Gasteiger partial charge in [0, 0.05) is 13.1 Å². The molecule has 150 valence electrons. The van der Waals surface area contributed by atoms with Crippen molar-refractivity contribution in [3.63, 3.8) is 0 Å². The van der Waals surface area contributed by atoms with Crippen molar-refractivity contribution in [2.75, 3.05) is 26.1 Å². The highest BCUT2D eigenvalue weighted by Gasteiger charge is 2.21. The fourth-order valence-corrected chi connectivity index (χ4v) is 2.97. The number of hydroxylamine groups is 1. The van der Waals surface area contributed by atoms with Gasteiger partial charge in [-0.15, -0.1) is 0 Å². The van der Waals surface area contributed by atoms with E-state index in [1.807, 2.05) is 0 Å². The molecule has 2 rings (SSSR count). The van der Waals surface area contributed by atoms with E-state index in [-0.39, 0.29) is 16.1 Å². The molecule has 2 aromatic carbocycles. The van der Waals surface area contributed by atoms with Crippen molar-refractivity contribution in [2.45, 2.75) is 4.90 Å². The predicted octanol–water partition coefficient (Wildman–Crippen LogP) is 1.94. The first-order valence-electron chi connectivity index (χ1n) is 7.70. The highest BCUT2D eigenvalue weighted by atomic mass is 32.2. The Kier molecular flexibility index (Phi) is 6.78. The first-order chi connectivity index (χ1) is 13.1. The molecule has 0 fully saturated rings. The van der Waals surface area contributed by atoms with Gasteiger partial charge in [-0.1, -0.05) is 4.47 Å². The van der Waals surface area contributed by atoms with Crippen LogP contribution in [0, 0.1) is 11.6 Å². The Bertz CT molecular complexity index is 980. The zero-order valence-electron chi connectivity index (χ0n) is 14.8. The van der Waals surface area contributed by atoms with Crippen LogP contribution in [-0.2, 0) is 24.4 Å². The van der Waals surface area contributed by atoms with E-state index < -0.39 is 40.1 Å². The highest BCUT2D eigenvalue weighted by Crippen LogP contribution is 2.16. The molecule has 0 aliphatic rings. The summed E-state index contributed by atoms with van der Waals surface area (Å²) in [7, 11) is -1.47. The lowest BCUT2D eigenvalue weighted by molar-refractivity contribution is -0.119. The normalized spacial score (nSPS) is 11.3. The molecule has 0 aliphatic carbocycles. The number of rotatable bonds is 7. The topological polar surface area (TPSA) is 102 Å². The first-order valence-corrected chi connectivity index (χ1v) is 9.14. The van der Waals surface area contributed by atoms with Crippen LogP contribution in [0.1, 0.15) is 10.4 Å². The predicted molar refractivity (Wildman–Crippen MR) is 93.7 cm³/mol. The highest BCUT2D eigenvalue weighted by molar-refractivity contribution is 7.89. The van der Waals surface area contributed by atoms with Crippen LogP contribution in [0.25, 0.3) is 0 Å². The van der Waals surface area contributed by atoms with Gasteiger partial charge in [-0.25, -0.2) is 22.0 Å². The van der Waals surface area contributed by atoms with Gasteiger partial charge in [0.15, 0.2) is 6.61 Å². The molecule has 11 heteroatoms.